The van der Waals surface area contributed by atoms with E-state index < -0.39 is 6.04 Å². The summed E-state index contributed by atoms with van der Waals surface area (Å²) >= 11 is 0. The topological polar surface area (TPSA) is 95.7 Å². The quantitative estimate of drug-likeness (QED) is 0.861. The molecule has 0 saturated heterocycles. The van der Waals surface area contributed by atoms with Crippen LogP contribution < -0.4 is 20.5 Å². The SMILES string of the molecule is COCC(N)C(=O)Nc1cccc(-c2ccc3c(c2)OCCO3)n1. The van der Waals surface area contributed by atoms with Crippen molar-refractivity contribution in [3.05, 3.63) is 36.4 Å². The average molecular weight is 329 g/mol. The first-order chi connectivity index (χ1) is 11.7. The van der Waals surface area contributed by atoms with E-state index >= 15 is 0 Å². The van der Waals surface area contributed by atoms with Crippen LogP contribution in [0.1, 0.15) is 0 Å². The van der Waals surface area contributed by atoms with E-state index in [9.17, 15) is 4.79 Å². The largest absolute Gasteiger partial charge is 0.486 e. The Bertz CT molecular complexity index is 736. The van der Waals surface area contributed by atoms with Gasteiger partial charge < -0.3 is 25.3 Å². The van der Waals surface area contributed by atoms with Crippen molar-refractivity contribution < 1.29 is 19.0 Å². The molecule has 1 atom stereocenters. The predicted molar refractivity (Wildman–Crippen MR) is 89.1 cm³/mol. The van der Waals surface area contributed by atoms with Gasteiger partial charge in [0.05, 0.1) is 12.3 Å². The summed E-state index contributed by atoms with van der Waals surface area (Å²) in [6.07, 6.45) is 0. The molecule has 0 bridgehead atoms. The number of nitrogens with zero attached hydrogens (tertiary/aromatic N) is 1. The molecule has 1 aromatic carbocycles. The van der Waals surface area contributed by atoms with Crippen LogP contribution in [0, 0.1) is 0 Å². The molecule has 1 aromatic heterocycles. The maximum absolute atomic E-state index is 11.9. The highest BCUT2D eigenvalue weighted by Gasteiger charge is 2.15. The normalized spacial score (nSPS) is 14.1. The van der Waals surface area contributed by atoms with Gasteiger partial charge in [-0.2, -0.15) is 0 Å². The van der Waals surface area contributed by atoms with Crippen molar-refractivity contribution in [2.75, 3.05) is 32.2 Å². The Morgan fingerprint density at radius 3 is 2.88 bits per heavy atom. The van der Waals surface area contributed by atoms with Crippen LogP contribution in [-0.4, -0.2) is 43.9 Å². The molecular formula is C17H19N3O4. The molecule has 3 rings (SSSR count). The molecule has 0 aliphatic carbocycles. The zero-order chi connectivity index (χ0) is 16.9. The fourth-order valence-corrected chi connectivity index (χ4v) is 2.34. The predicted octanol–water partition coefficient (Wildman–Crippen LogP) is 1.43. The van der Waals surface area contributed by atoms with Crippen LogP contribution in [0.15, 0.2) is 36.4 Å². The molecule has 24 heavy (non-hydrogen) atoms. The molecule has 0 spiro atoms. The average Bonchev–Trinajstić information content (AvgIpc) is 2.61. The van der Waals surface area contributed by atoms with Crippen LogP contribution in [0.4, 0.5) is 5.82 Å². The molecule has 126 valence electrons. The molecule has 2 heterocycles. The van der Waals surface area contributed by atoms with Gasteiger partial charge in [0.2, 0.25) is 5.91 Å². The lowest BCUT2D eigenvalue weighted by molar-refractivity contribution is -0.118. The molecular weight excluding hydrogens is 310 g/mol. The van der Waals surface area contributed by atoms with Crippen molar-refractivity contribution in [3.63, 3.8) is 0 Å². The van der Waals surface area contributed by atoms with E-state index in [0.29, 0.717) is 30.5 Å². The van der Waals surface area contributed by atoms with E-state index in [2.05, 4.69) is 10.3 Å². The third-order valence-electron chi connectivity index (χ3n) is 3.52. The van der Waals surface area contributed by atoms with E-state index in [4.69, 9.17) is 19.9 Å². The van der Waals surface area contributed by atoms with Crippen molar-refractivity contribution in [2.24, 2.45) is 5.73 Å². The van der Waals surface area contributed by atoms with Gasteiger partial charge in [0.25, 0.3) is 0 Å². The van der Waals surface area contributed by atoms with Gasteiger partial charge in [0.1, 0.15) is 25.1 Å². The molecule has 7 heteroatoms. The van der Waals surface area contributed by atoms with Crippen molar-refractivity contribution in [1.82, 2.24) is 4.98 Å². The second-order valence-corrected chi connectivity index (χ2v) is 5.32. The fraction of sp³-hybridized carbons (Fsp3) is 0.294. The lowest BCUT2D eigenvalue weighted by atomic mass is 10.1. The number of carbonyl (C=O) groups excluding carboxylic acids is 1. The first-order valence-electron chi connectivity index (χ1n) is 7.60. The van der Waals surface area contributed by atoms with Gasteiger partial charge in [-0.25, -0.2) is 4.98 Å². The summed E-state index contributed by atoms with van der Waals surface area (Å²) in [6.45, 7) is 1.22. The zero-order valence-corrected chi connectivity index (χ0v) is 13.3. The van der Waals surface area contributed by atoms with E-state index in [1.165, 1.54) is 7.11 Å². The Morgan fingerprint density at radius 2 is 2.08 bits per heavy atom. The van der Waals surface area contributed by atoms with Crippen LogP contribution in [0.3, 0.4) is 0 Å². The van der Waals surface area contributed by atoms with Gasteiger partial charge in [-0.3, -0.25) is 4.79 Å². The highest BCUT2D eigenvalue weighted by molar-refractivity contribution is 5.94. The van der Waals surface area contributed by atoms with E-state index in [1.807, 2.05) is 30.3 Å². The van der Waals surface area contributed by atoms with Crippen LogP contribution in [0.25, 0.3) is 11.3 Å². The third-order valence-corrected chi connectivity index (χ3v) is 3.52. The first-order valence-corrected chi connectivity index (χ1v) is 7.60. The number of nitrogens with two attached hydrogens (primary N) is 1. The Balaban J connectivity index is 1.79. The molecule has 1 unspecified atom stereocenters. The molecule has 1 aliphatic heterocycles. The summed E-state index contributed by atoms with van der Waals surface area (Å²) in [5, 5.41) is 2.69. The standard InChI is InChI=1S/C17H19N3O4/c1-22-10-12(18)17(21)20-16-4-2-3-13(19-16)11-5-6-14-15(9-11)24-8-7-23-14/h2-6,9,12H,7-8,10,18H2,1H3,(H,19,20,21). The van der Waals surface area contributed by atoms with Crippen LogP contribution in [0.5, 0.6) is 11.5 Å². The Hall–Kier alpha value is -2.64. The van der Waals surface area contributed by atoms with E-state index in [1.54, 1.807) is 6.07 Å². The molecule has 0 saturated carbocycles. The van der Waals surface area contributed by atoms with Gasteiger partial charge in [0, 0.05) is 12.7 Å². The zero-order valence-electron chi connectivity index (χ0n) is 13.3. The number of ether oxygens (including phenoxy) is 3. The number of benzene rings is 1. The number of nitrogens with one attached hydrogen (secondary N) is 1. The lowest BCUT2D eigenvalue weighted by Crippen LogP contribution is -2.39. The molecule has 0 fully saturated rings. The number of hydrogen-bond donors (Lipinski definition) is 2. The van der Waals surface area contributed by atoms with Crippen molar-refractivity contribution >= 4 is 11.7 Å². The number of anilines is 1. The summed E-state index contributed by atoms with van der Waals surface area (Å²) in [5.41, 5.74) is 7.29. The smallest absolute Gasteiger partial charge is 0.244 e. The van der Waals surface area contributed by atoms with E-state index in [0.717, 1.165) is 11.3 Å². The van der Waals surface area contributed by atoms with Crippen molar-refractivity contribution in [3.8, 4) is 22.8 Å². The van der Waals surface area contributed by atoms with Gasteiger partial charge in [-0.1, -0.05) is 6.07 Å². The minimum Gasteiger partial charge on any atom is -0.486 e. The number of carbonyl (C=O) groups is 1. The number of aromatic nitrogens is 1. The highest BCUT2D eigenvalue weighted by Crippen LogP contribution is 2.34. The second-order valence-electron chi connectivity index (χ2n) is 5.32. The minimum absolute atomic E-state index is 0.147. The molecule has 1 amide bonds. The monoisotopic (exact) mass is 329 g/mol. The molecule has 1 aliphatic rings. The maximum atomic E-state index is 11.9. The number of hydrogen-bond acceptors (Lipinski definition) is 6. The highest BCUT2D eigenvalue weighted by atomic mass is 16.6. The number of rotatable bonds is 5. The van der Waals surface area contributed by atoms with Gasteiger partial charge in [-0.15, -0.1) is 0 Å². The molecule has 3 N–H and O–H groups in total. The summed E-state index contributed by atoms with van der Waals surface area (Å²) < 4.78 is 16.0. The maximum Gasteiger partial charge on any atom is 0.244 e. The van der Waals surface area contributed by atoms with Crippen LogP contribution in [-0.2, 0) is 9.53 Å². The van der Waals surface area contributed by atoms with Crippen LogP contribution in [0.2, 0.25) is 0 Å². The fourth-order valence-electron chi connectivity index (χ4n) is 2.34. The second kappa shape index (κ2) is 7.29. The molecule has 0 radical (unpaired) electrons. The summed E-state index contributed by atoms with van der Waals surface area (Å²) in [6, 6.07) is 10.3. The number of pyridine rings is 1. The molecule has 2 aromatic rings. The summed E-state index contributed by atoms with van der Waals surface area (Å²) in [4.78, 5) is 16.4. The van der Waals surface area contributed by atoms with Crippen molar-refractivity contribution in [1.29, 1.82) is 0 Å². The van der Waals surface area contributed by atoms with Crippen LogP contribution >= 0.6 is 0 Å². The Morgan fingerprint density at radius 1 is 1.29 bits per heavy atom. The lowest BCUT2D eigenvalue weighted by Gasteiger charge is -2.18. The number of methoxy groups -OCH3 is 1. The first kappa shape index (κ1) is 16.2. The minimum atomic E-state index is -0.741. The summed E-state index contributed by atoms with van der Waals surface area (Å²) in [5.74, 6) is 1.50. The number of fused-ring (bicyclic) bond motifs is 1. The van der Waals surface area contributed by atoms with Gasteiger partial charge >= 0.3 is 0 Å². The van der Waals surface area contributed by atoms with Gasteiger partial charge in [-0.05, 0) is 30.3 Å². The Kier molecular flexibility index (Phi) is 4.93. The number of amides is 1. The van der Waals surface area contributed by atoms with E-state index in [-0.39, 0.29) is 12.5 Å². The summed E-state index contributed by atoms with van der Waals surface area (Å²) in [7, 11) is 1.49. The Labute approximate surface area is 139 Å². The molecule has 7 nitrogen and oxygen atoms in total. The third kappa shape index (κ3) is 3.64. The van der Waals surface area contributed by atoms with Crippen molar-refractivity contribution in [2.45, 2.75) is 6.04 Å². The van der Waals surface area contributed by atoms with Gasteiger partial charge in [0.15, 0.2) is 11.5 Å².